The molecule has 3 aliphatic rings. The largest absolute Gasteiger partial charge is 0.483 e. The first-order chi connectivity index (χ1) is 17.7. The topological polar surface area (TPSA) is 137 Å². The predicted octanol–water partition coefficient (Wildman–Crippen LogP) is 2.26. The third-order valence-electron chi connectivity index (χ3n) is 6.67. The molecule has 3 fully saturated rings. The highest BCUT2D eigenvalue weighted by atomic mass is 19.3. The predicted molar refractivity (Wildman–Crippen MR) is 125 cm³/mol. The maximum Gasteiger partial charge on any atom is 0.301 e. The van der Waals surface area contributed by atoms with E-state index in [9.17, 15) is 28.4 Å². The average Bonchev–Trinajstić information content (AvgIpc) is 3.65. The lowest BCUT2D eigenvalue weighted by atomic mass is 10.0. The molecule has 1 aliphatic carbocycles. The molecule has 2 saturated heterocycles. The van der Waals surface area contributed by atoms with Gasteiger partial charge in [0.2, 0.25) is 17.7 Å². The van der Waals surface area contributed by atoms with Crippen molar-refractivity contribution in [3.05, 3.63) is 36.2 Å². The normalized spacial score (nSPS) is 22.6. The lowest BCUT2D eigenvalue weighted by Crippen LogP contribution is -2.58. The quantitative estimate of drug-likeness (QED) is 0.608. The van der Waals surface area contributed by atoms with Gasteiger partial charge in [-0.1, -0.05) is 0 Å². The molecule has 37 heavy (non-hydrogen) atoms. The number of anilines is 1. The van der Waals surface area contributed by atoms with E-state index in [1.165, 1.54) is 18.5 Å². The number of amides is 3. The molecule has 192 valence electrons. The molecular weight excluding hydrogens is 486 g/mol. The van der Waals surface area contributed by atoms with Crippen molar-refractivity contribution in [1.29, 1.82) is 5.26 Å². The molecule has 0 spiro atoms. The highest BCUT2D eigenvalue weighted by Crippen LogP contribution is 2.34. The smallest absolute Gasteiger partial charge is 0.301 e. The first kappa shape index (κ1) is 24.5. The zero-order chi connectivity index (χ0) is 26.2. The maximum absolute atomic E-state index is 15.0. The number of alkyl halides is 2. The Bertz CT molecular complexity index is 1290. The molecule has 0 radical (unpaired) electrons. The zero-order valence-corrected chi connectivity index (χ0v) is 19.7. The monoisotopic (exact) mass is 510 g/mol. The summed E-state index contributed by atoms with van der Waals surface area (Å²) in [5.41, 5.74) is 1.02. The van der Waals surface area contributed by atoms with Crippen LogP contribution in [0, 0.1) is 17.2 Å². The number of aromatic nitrogens is 2. The van der Waals surface area contributed by atoms with Gasteiger partial charge in [0.1, 0.15) is 30.0 Å². The number of benzene rings is 1. The first-order valence-corrected chi connectivity index (χ1v) is 12.0. The SMILES string of the molecule is N#Cc1cc(-c2cc(NC(=O)C3CC3)ncn2)ccc1O[C@H]1CCN(C(=O)C2CCC(=O)N2)CC1(F)F. The van der Waals surface area contributed by atoms with E-state index in [1.807, 2.05) is 6.07 Å². The zero-order valence-electron chi connectivity index (χ0n) is 19.7. The minimum absolute atomic E-state index is 0.00456. The minimum atomic E-state index is -3.36. The lowest BCUT2D eigenvalue weighted by Gasteiger charge is -2.39. The molecule has 10 nitrogen and oxygen atoms in total. The Kier molecular flexibility index (Phi) is 6.45. The number of piperidine rings is 1. The lowest BCUT2D eigenvalue weighted by molar-refractivity contribution is -0.161. The number of carbonyl (C=O) groups excluding carboxylic acids is 3. The fraction of sp³-hybridized carbons (Fsp3) is 0.440. The highest BCUT2D eigenvalue weighted by Gasteiger charge is 2.49. The van der Waals surface area contributed by atoms with Crippen molar-refractivity contribution in [2.45, 2.75) is 50.2 Å². The first-order valence-electron chi connectivity index (χ1n) is 12.0. The molecule has 1 aromatic carbocycles. The summed E-state index contributed by atoms with van der Waals surface area (Å²) in [4.78, 5) is 45.2. The molecule has 12 heteroatoms. The van der Waals surface area contributed by atoms with Gasteiger partial charge in [-0.3, -0.25) is 14.4 Å². The van der Waals surface area contributed by atoms with E-state index in [4.69, 9.17) is 4.74 Å². The molecular formula is C25H24F2N6O4. The summed E-state index contributed by atoms with van der Waals surface area (Å²) < 4.78 is 35.5. The average molecular weight is 511 g/mol. The van der Waals surface area contributed by atoms with Crippen molar-refractivity contribution in [2.75, 3.05) is 18.4 Å². The number of carbonyl (C=O) groups is 3. The number of likely N-dealkylation sites (tertiary alicyclic amines) is 1. The van der Waals surface area contributed by atoms with Crippen LogP contribution in [0.15, 0.2) is 30.6 Å². The third-order valence-corrected chi connectivity index (χ3v) is 6.67. The van der Waals surface area contributed by atoms with Crippen LogP contribution < -0.4 is 15.4 Å². The second-order valence-corrected chi connectivity index (χ2v) is 9.45. The van der Waals surface area contributed by atoms with E-state index >= 15 is 0 Å². The standard InChI is InChI=1S/C25H24F2N6O4/c26-25(27)12-33(24(36)17-4-6-22(34)31-17)8-7-20(25)37-19-5-3-15(9-16(19)11-28)18-10-21(30-13-29-18)32-23(35)14-1-2-14/h3,5,9-10,13-14,17,20H,1-2,4,6-8,12H2,(H,31,34)(H,29,30,32,35)/t17?,20-/m0/s1. The van der Waals surface area contributed by atoms with E-state index in [1.54, 1.807) is 12.1 Å². The number of nitriles is 1. The number of ether oxygens (including phenoxy) is 1. The van der Waals surface area contributed by atoms with Gasteiger partial charge in [-0.05, 0) is 37.5 Å². The summed E-state index contributed by atoms with van der Waals surface area (Å²) in [5, 5.41) is 14.9. The van der Waals surface area contributed by atoms with E-state index < -0.39 is 30.5 Å². The molecule has 2 aliphatic heterocycles. The number of nitrogens with zero attached hydrogens (tertiary/aromatic N) is 4. The van der Waals surface area contributed by atoms with Crippen molar-refractivity contribution >= 4 is 23.5 Å². The molecule has 2 N–H and O–H groups in total. The summed E-state index contributed by atoms with van der Waals surface area (Å²) in [6.45, 7) is -0.791. The van der Waals surface area contributed by atoms with Gasteiger partial charge < -0.3 is 20.3 Å². The number of hydrogen-bond donors (Lipinski definition) is 2. The van der Waals surface area contributed by atoms with E-state index in [0.717, 1.165) is 17.7 Å². The molecule has 1 saturated carbocycles. The third kappa shape index (κ3) is 5.35. The van der Waals surface area contributed by atoms with Crippen LogP contribution in [0.3, 0.4) is 0 Å². The van der Waals surface area contributed by atoms with Crippen LogP contribution in [0.5, 0.6) is 5.75 Å². The van der Waals surface area contributed by atoms with Crippen LogP contribution in [-0.4, -0.2) is 63.7 Å². The Balaban J connectivity index is 1.27. The summed E-state index contributed by atoms with van der Waals surface area (Å²) in [5.74, 6) is -3.92. The van der Waals surface area contributed by atoms with Crippen LogP contribution >= 0.6 is 0 Å². The van der Waals surface area contributed by atoms with Gasteiger partial charge in [0.05, 0.1) is 17.8 Å². The van der Waals surface area contributed by atoms with E-state index in [-0.39, 0.29) is 54.9 Å². The summed E-state index contributed by atoms with van der Waals surface area (Å²) in [6.07, 6.45) is 1.82. The van der Waals surface area contributed by atoms with Crippen LogP contribution in [0.1, 0.15) is 37.7 Å². The van der Waals surface area contributed by atoms with Crippen LogP contribution in [0.2, 0.25) is 0 Å². The summed E-state index contributed by atoms with van der Waals surface area (Å²) in [7, 11) is 0. The van der Waals surface area contributed by atoms with Crippen LogP contribution in [-0.2, 0) is 14.4 Å². The van der Waals surface area contributed by atoms with Gasteiger partial charge in [-0.25, -0.2) is 18.7 Å². The van der Waals surface area contributed by atoms with Gasteiger partial charge in [0.25, 0.3) is 0 Å². The molecule has 2 aromatic rings. The summed E-state index contributed by atoms with van der Waals surface area (Å²) >= 11 is 0. The van der Waals surface area contributed by atoms with Crippen LogP contribution in [0.4, 0.5) is 14.6 Å². The Morgan fingerprint density at radius 3 is 2.68 bits per heavy atom. The van der Waals surface area contributed by atoms with Gasteiger partial charge in [0.15, 0.2) is 6.10 Å². The van der Waals surface area contributed by atoms with Crippen LogP contribution in [0.25, 0.3) is 11.3 Å². The fourth-order valence-corrected chi connectivity index (χ4v) is 4.46. The van der Waals surface area contributed by atoms with Gasteiger partial charge in [-0.15, -0.1) is 0 Å². The Labute approximate surface area is 211 Å². The summed E-state index contributed by atoms with van der Waals surface area (Å²) in [6, 6.07) is 7.27. The molecule has 2 atom stereocenters. The minimum Gasteiger partial charge on any atom is -0.483 e. The number of nitrogens with one attached hydrogen (secondary N) is 2. The van der Waals surface area contributed by atoms with E-state index in [0.29, 0.717) is 17.1 Å². The van der Waals surface area contributed by atoms with Crippen molar-refractivity contribution < 1.29 is 27.9 Å². The van der Waals surface area contributed by atoms with Crippen molar-refractivity contribution in [1.82, 2.24) is 20.2 Å². The molecule has 3 amide bonds. The van der Waals surface area contributed by atoms with Crippen molar-refractivity contribution in [3.63, 3.8) is 0 Å². The van der Waals surface area contributed by atoms with Crippen molar-refractivity contribution in [2.24, 2.45) is 5.92 Å². The number of rotatable bonds is 6. The Morgan fingerprint density at radius 1 is 1.19 bits per heavy atom. The van der Waals surface area contributed by atoms with Crippen molar-refractivity contribution in [3.8, 4) is 23.1 Å². The Morgan fingerprint density at radius 2 is 2.00 bits per heavy atom. The van der Waals surface area contributed by atoms with Gasteiger partial charge in [-0.2, -0.15) is 5.26 Å². The number of halogens is 2. The molecule has 0 bridgehead atoms. The fourth-order valence-electron chi connectivity index (χ4n) is 4.46. The second kappa shape index (κ2) is 9.72. The molecule has 1 unspecified atom stereocenters. The number of hydrogen-bond acceptors (Lipinski definition) is 7. The van der Waals surface area contributed by atoms with E-state index in [2.05, 4.69) is 20.6 Å². The molecule has 3 heterocycles. The maximum atomic E-state index is 15.0. The van der Waals surface area contributed by atoms with Gasteiger partial charge in [0, 0.05) is 36.9 Å². The molecule has 1 aromatic heterocycles. The highest BCUT2D eigenvalue weighted by molar-refractivity contribution is 5.93. The molecule has 5 rings (SSSR count). The van der Waals surface area contributed by atoms with Gasteiger partial charge >= 0.3 is 5.92 Å². The second-order valence-electron chi connectivity index (χ2n) is 9.45. The Hall–Kier alpha value is -4.14.